The number of esters is 2. The highest BCUT2D eigenvalue weighted by Crippen LogP contribution is 2.18. The Morgan fingerprint density at radius 1 is 0.952 bits per heavy atom. The van der Waals surface area contributed by atoms with Gasteiger partial charge in [-0.2, -0.15) is 0 Å². The molecule has 1 fully saturated rings. The van der Waals surface area contributed by atoms with Gasteiger partial charge in [-0.3, -0.25) is 9.59 Å². The Bertz CT molecular complexity index is 342. The first-order valence-electron chi connectivity index (χ1n) is 6.88. The monoisotopic (exact) mass is 304 g/mol. The van der Waals surface area contributed by atoms with Crippen LogP contribution in [0.5, 0.6) is 0 Å². The van der Waals surface area contributed by atoms with Gasteiger partial charge < -0.3 is 24.4 Å². The molecule has 1 saturated heterocycles. The summed E-state index contributed by atoms with van der Waals surface area (Å²) in [6, 6.07) is 0. The van der Waals surface area contributed by atoms with E-state index in [1.54, 1.807) is 0 Å². The third-order valence-electron chi connectivity index (χ3n) is 2.70. The highest BCUT2D eigenvalue weighted by molar-refractivity contribution is 5.72. The van der Waals surface area contributed by atoms with E-state index in [2.05, 4.69) is 0 Å². The number of ether oxygens (including phenoxy) is 3. The van der Waals surface area contributed by atoms with Gasteiger partial charge in [0.25, 0.3) is 0 Å². The van der Waals surface area contributed by atoms with Crippen LogP contribution in [-0.2, 0) is 23.8 Å². The first kappa shape index (κ1) is 17.9. The minimum absolute atomic E-state index is 0.137. The number of carbonyl (C=O) groups excluding carboxylic acids is 2. The number of aliphatic hydroxyl groups is 2. The van der Waals surface area contributed by atoms with Crippen LogP contribution in [0.3, 0.4) is 0 Å². The van der Waals surface area contributed by atoms with Crippen molar-refractivity contribution in [2.24, 2.45) is 0 Å². The average molecular weight is 304 g/mol. The molecule has 1 aliphatic rings. The molecule has 21 heavy (non-hydrogen) atoms. The zero-order valence-corrected chi connectivity index (χ0v) is 12.9. The Morgan fingerprint density at radius 3 is 1.57 bits per heavy atom. The van der Waals surface area contributed by atoms with Crippen LogP contribution in [0.25, 0.3) is 0 Å². The topological polar surface area (TPSA) is 102 Å². The molecule has 0 aliphatic carbocycles. The third kappa shape index (κ3) is 7.40. The molecule has 2 N–H and O–H groups in total. The lowest BCUT2D eigenvalue weighted by Gasteiger charge is -2.22. The van der Waals surface area contributed by atoms with Gasteiger partial charge in [0.15, 0.2) is 12.2 Å². The van der Waals surface area contributed by atoms with Gasteiger partial charge in [0.1, 0.15) is 0 Å². The van der Waals surface area contributed by atoms with E-state index in [1.165, 1.54) is 27.7 Å². The van der Waals surface area contributed by atoms with Gasteiger partial charge in [-0.05, 0) is 27.7 Å². The normalized spacial score (nSPS) is 23.0. The van der Waals surface area contributed by atoms with Crippen LogP contribution < -0.4 is 0 Å². The van der Waals surface area contributed by atoms with Crippen LogP contribution >= 0.6 is 0 Å². The highest BCUT2D eigenvalue weighted by atomic mass is 16.6. The average Bonchev–Trinajstić information content (AvgIpc) is 2.59. The van der Waals surface area contributed by atoms with Gasteiger partial charge >= 0.3 is 11.9 Å². The summed E-state index contributed by atoms with van der Waals surface area (Å²) < 4.78 is 15.5. The van der Waals surface area contributed by atoms with Crippen molar-refractivity contribution < 1.29 is 34.0 Å². The third-order valence-corrected chi connectivity index (χ3v) is 2.70. The van der Waals surface area contributed by atoms with Gasteiger partial charge in [-0.25, -0.2) is 0 Å². The summed E-state index contributed by atoms with van der Waals surface area (Å²) in [5.74, 6) is -1.16. The van der Waals surface area contributed by atoms with Gasteiger partial charge in [-0.15, -0.1) is 0 Å². The van der Waals surface area contributed by atoms with Crippen LogP contribution in [0.4, 0.5) is 0 Å². The number of hydrogen-bond acceptors (Lipinski definition) is 7. The zero-order valence-electron chi connectivity index (χ0n) is 12.9. The summed E-state index contributed by atoms with van der Waals surface area (Å²) in [6.45, 7) is 6.27. The van der Waals surface area contributed by atoms with Gasteiger partial charge in [0.05, 0.1) is 37.3 Å². The molecule has 2 unspecified atom stereocenters. The van der Waals surface area contributed by atoms with Gasteiger partial charge in [0.2, 0.25) is 0 Å². The molecule has 1 heterocycles. The maximum Gasteiger partial charge on any atom is 0.309 e. The van der Waals surface area contributed by atoms with E-state index >= 15 is 0 Å². The first-order valence-corrected chi connectivity index (χ1v) is 6.88. The maximum atomic E-state index is 11.7. The molecular weight excluding hydrogens is 280 g/mol. The van der Waals surface area contributed by atoms with E-state index in [0.717, 1.165) is 0 Å². The Labute approximate surface area is 124 Å². The zero-order chi connectivity index (χ0) is 16.3. The van der Waals surface area contributed by atoms with E-state index in [9.17, 15) is 19.8 Å². The van der Waals surface area contributed by atoms with E-state index in [-0.39, 0.29) is 26.1 Å². The van der Waals surface area contributed by atoms with E-state index in [0.29, 0.717) is 0 Å². The summed E-state index contributed by atoms with van der Waals surface area (Å²) in [7, 11) is 0. The van der Waals surface area contributed by atoms with Gasteiger partial charge in [0, 0.05) is 0 Å². The summed E-state index contributed by atoms with van der Waals surface area (Å²) in [5.41, 5.74) is -2.33. The van der Waals surface area contributed by atoms with Crippen molar-refractivity contribution in [2.75, 3.05) is 13.2 Å². The van der Waals surface area contributed by atoms with Crippen LogP contribution in [0.15, 0.2) is 0 Å². The second-order valence-electron chi connectivity index (χ2n) is 6.57. The quantitative estimate of drug-likeness (QED) is 0.674. The molecule has 122 valence electrons. The van der Waals surface area contributed by atoms with E-state index < -0.39 is 35.3 Å². The molecule has 0 aromatic rings. The molecular formula is C14H24O7. The lowest BCUT2D eigenvalue weighted by atomic mass is 10.1. The Hall–Kier alpha value is -1.18. The molecule has 0 radical (unpaired) electrons. The van der Waals surface area contributed by atoms with Crippen LogP contribution in [-0.4, -0.2) is 58.8 Å². The van der Waals surface area contributed by atoms with Crippen molar-refractivity contribution in [3.8, 4) is 0 Å². The molecule has 0 saturated carbocycles. The molecule has 1 aliphatic heterocycles. The molecule has 0 bridgehead atoms. The smallest absolute Gasteiger partial charge is 0.309 e. The largest absolute Gasteiger partial charge is 0.456 e. The molecule has 0 spiro atoms. The van der Waals surface area contributed by atoms with E-state index in [4.69, 9.17) is 14.2 Å². The van der Waals surface area contributed by atoms with Crippen molar-refractivity contribution in [1.82, 2.24) is 0 Å². The Morgan fingerprint density at radius 2 is 1.29 bits per heavy atom. The first-order chi connectivity index (χ1) is 9.46. The fraction of sp³-hybridized carbons (Fsp3) is 0.857. The standard InChI is InChI=1S/C14H24O7/c1-13(2,17)5-11(15)20-9-7-19-8-10(9)21-12(16)6-14(3,4)18/h9-10,17-18H,5-8H2,1-4H3. The predicted octanol–water partition coefficient (Wildman–Crippen LogP) is 0.162. The summed E-state index contributed by atoms with van der Waals surface area (Å²) >= 11 is 0. The van der Waals surface area contributed by atoms with Gasteiger partial charge in [-0.1, -0.05) is 0 Å². The molecule has 2 atom stereocenters. The fourth-order valence-corrected chi connectivity index (χ4v) is 1.86. The summed E-state index contributed by atoms with van der Waals surface area (Å²) in [6.07, 6.45) is -1.70. The van der Waals surface area contributed by atoms with Crippen molar-refractivity contribution in [3.63, 3.8) is 0 Å². The molecule has 0 aromatic carbocycles. The van der Waals surface area contributed by atoms with Crippen LogP contribution in [0.1, 0.15) is 40.5 Å². The van der Waals surface area contributed by atoms with Crippen molar-refractivity contribution in [1.29, 1.82) is 0 Å². The highest BCUT2D eigenvalue weighted by Gasteiger charge is 2.36. The maximum absolute atomic E-state index is 11.7. The lowest BCUT2D eigenvalue weighted by Crippen LogP contribution is -2.37. The van der Waals surface area contributed by atoms with Crippen molar-refractivity contribution in [2.45, 2.75) is 63.9 Å². The molecule has 1 rings (SSSR count). The molecule has 7 nitrogen and oxygen atoms in total. The predicted molar refractivity (Wildman–Crippen MR) is 72.4 cm³/mol. The number of rotatable bonds is 6. The number of hydrogen-bond donors (Lipinski definition) is 2. The summed E-state index contributed by atoms with van der Waals surface area (Å²) in [5, 5.41) is 19.1. The van der Waals surface area contributed by atoms with E-state index in [1.807, 2.05) is 0 Å². The van der Waals surface area contributed by atoms with Crippen LogP contribution in [0.2, 0.25) is 0 Å². The number of carbonyl (C=O) groups is 2. The SMILES string of the molecule is CC(C)(O)CC(=O)OC1COCC1OC(=O)CC(C)(C)O. The fourth-order valence-electron chi connectivity index (χ4n) is 1.86. The lowest BCUT2D eigenvalue weighted by molar-refractivity contribution is -0.168. The molecule has 0 amide bonds. The Kier molecular flexibility index (Phi) is 5.72. The second-order valence-corrected chi connectivity index (χ2v) is 6.57. The van der Waals surface area contributed by atoms with Crippen molar-refractivity contribution in [3.05, 3.63) is 0 Å². The Balaban J connectivity index is 2.48. The second kappa shape index (κ2) is 6.72. The van der Waals surface area contributed by atoms with Crippen LogP contribution in [0, 0.1) is 0 Å². The minimum Gasteiger partial charge on any atom is -0.456 e. The molecule has 7 heteroatoms. The molecule has 0 aromatic heterocycles. The summed E-state index contributed by atoms with van der Waals surface area (Å²) in [4.78, 5) is 23.3. The minimum atomic E-state index is -1.16. The van der Waals surface area contributed by atoms with Crippen molar-refractivity contribution >= 4 is 11.9 Å².